The molecule has 5 heteroatoms. The molecule has 1 rings (SSSR count). The van der Waals surface area contributed by atoms with Gasteiger partial charge in [0.2, 0.25) is 0 Å². The van der Waals surface area contributed by atoms with Crippen molar-refractivity contribution < 1.29 is 18.6 Å². The molecule has 0 spiro atoms. The Labute approximate surface area is 95.5 Å². The van der Waals surface area contributed by atoms with Crippen LogP contribution in [0.5, 0.6) is 0 Å². The zero-order chi connectivity index (χ0) is 12.3. The Morgan fingerprint density at radius 2 is 1.75 bits per heavy atom. The average Bonchev–Trinajstić information content (AvgIpc) is 2.17. The number of aliphatic hydroxyl groups excluding tert-OH is 2. The van der Waals surface area contributed by atoms with E-state index < -0.39 is 27.8 Å². The molecular weight excluding hydrogens is 228 g/mol. The number of sulfone groups is 1. The van der Waals surface area contributed by atoms with Crippen molar-refractivity contribution in [1.29, 1.82) is 0 Å². The van der Waals surface area contributed by atoms with Crippen LogP contribution < -0.4 is 0 Å². The lowest BCUT2D eigenvalue weighted by atomic mass is 10.1. The first-order valence-electron chi connectivity index (χ1n) is 4.90. The van der Waals surface area contributed by atoms with Gasteiger partial charge in [-0.1, -0.05) is 29.8 Å². The first-order valence-corrected chi connectivity index (χ1v) is 6.86. The van der Waals surface area contributed by atoms with Crippen molar-refractivity contribution in [2.75, 3.05) is 12.9 Å². The van der Waals surface area contributed by atoms with E-state index in [4.69, 9.17) is 5.11 Å². The minimum Gasteiger partial charge on any atom is -0.395 e. The number of aliphatic hydroxyl groups is 2. The minimum absolute atomic E-state index is 0.495. The molecule has 4 nitrogen and oxygen atoms in total. The van der Waals surface area contributed by atoms with Gasteiger partial charge in [-0.25, -0.2) is 8.42 Å². The number of benzene rings is 1. The van der Waals surface area contributed by atoms with Crippen molar-refractivity contribution in [3.05, 3.63) is 35.4 Å². The van der Waals surface area contributed by atoms with Gasteiger partial charge in [0.15, 0.2) is 9.84 Å². The SMILES string of the molecule is Cc1ccc([C@@H](O)[C@H](CO)S(C)(=O)=O)cc1. The highest BCUT2D eigenvalue weighted by Crippen LogP contribution is 2.21. The second kappa shape index (κ2) is 4.95. The van der Waals surface area contributed by atoms with Gasteiger partial charge in [0.1, 0.15) is 5.25 Å². The predicted molar refractivity (Wildman–Crippen MR) is 61.9 cm³/mol. The summed E-state index contributed by atoms with van der Waals surface area (Å²) >= 11 is 0. The number of hydrogen-bond acceptors (Lipinski definition) is 4. The monoisotopic (exact) mass is 244 g/mol. The third-order valence-corrected chi connectivity index (χ3v) is 4.01. The quantitative estimate of drug-likeness (QED) is 0.805. The summed E-state index contributed by atoms with van der Waals surface area (Å²) in [4.78, 5) is 0. The third kappa shape index (κ3) is 3.04. The molecule has 0 aliphatic carbocycles. The van der Waals surface area contributed by atoms with E-state index in [1.54, 1.807) is 24.3 Å². The van der Waals surface area contributed by atoms with E-state index in [9.17, 15) is 13.5 Å². The first-order chi connectivity index (χ1) is 7.36. The van der Waals surface area contributed by atoms with Crippen molar-refractivity contribution in [3.8, 4) is 0 Å². The summed E-state index contributed by atoms with van der Waals surface area (Å²) < 4.78 is 22.6. The molecule has 0 fully saturated rings. The van der Waals surface area contributed by atoms with Gasteiger partial charge < -0.3 is 10.2 Å². The van der Waals surface area contributed by atoms with E-state index in [0.29, 0.717) is 5.56 Å². The van der Waals surface area contributed by atoms with Gasteiger partial charge in [-0.15, -0.1) is 0 Å². The summed E-state index contributed by atoms with van der Waals surface area (Å²) in [5.74, 6) is 0. The van der Waals surface area contributed by atoms with Crippen LogP contribution in [-0.2, 0) is 9.84 Å². The maximum atomic E-state index is 11.3. The molecule has 0 saturated heterocycles. The van der Waals surface area contributed by atoms with E-state index in [2.05, 4.69) is 0 Å². The molecule has 0 amide bonds. The predicted octanol–water partition coefficient (Wildman–Crippen LogP) is 0.434. The molecule has 2 atom stereocenters. The maximum Gasteiger partial charge on any atom is 0.155 e. The largest absolute Gasteiger partial charge is 0.395 e. The Morgan fingerprint density at radius 1 is 1.25 bits per heavy atom. The van der Waals surface area contributed by atoms with Crippen molar-refractivity contribution in [2.45, 2.75) is 18.3 Å². The molecule has 0 aliphatic heterocycles. The normalized spacial score (nSPS) is 15.8. The van der Waals surface area contributed by atoms with E-state index in [1.807, 2.05) is 6.92 Å². The topological polar surface area (TPSA) is 74.6 Å². The summed E-state index contributed by atoms with van der Waals surface area (Å²) in [5, 5.41) is 17.7. The maximum absolute atomic E-state index is 11.3. The minimum atomic E-state index is -3.47. The molecule has 1 aromatic carbocycles. The smallest absolute Gasteiger partial charge is 0.155 e. The Kier molecular flexibility index (Phi) is 4.07. The summed E-state index contributed by atoms with van der Waals surface area (Å²) in [6.07, 6.45) is -0.189. The van der Waals surface area contributed by atoms with Crippen LogP contribution in [0, 0.1) is 6.92 Å². The van der Waals surface area contributed by atoms with Gasteiger partial charge >= 0.3 is 0 Å². The van der Waals surface area contributed by atoms with Crippen LogP contribution in [0.25, 0.3) is 0 Å². The molecular formula is C11H16O4S. The number of aryl methyl sites for hydroxylation is 1. The summed E-state index contributed by atoms with van der Waals surface area (Å²) in [7, 11) is -3.47. The van der Waals surface area contributed by atoms with Crippen molar-refractivity contribution >= 4 is 9.84 Å². The number of rotatable bonds is 4. The zero-order valence-electron chi connectivity index (χ0n) is 9.29. The number of hydrogen-bond donors (Lipinski definition) is 2. The highest BCUT2D eigenvalue weighted by molar-refractivity contribution is 7.91. The van der Waals surface area contributed by atoms with Gasteiger partial charge in [0.05, 0.1) is 12.7 Å². The fraction of sp³-hybridized carbons (Fsp3) is 0.455. The van der Waals surface area contributed by atoms with Crippen molar-refractivity contribution in [2.24, 2.45) is 0 Å². The fourth-order valence-electron chi connectivity index (χ4n) is 1.45. The lowest BCUT2D eigenvalue weighted by molar-refractivity contribution is 0.138. The van der Waals surface area contributed by atoms with E-state index in [0.717, 1.165) is 11.8 Å². The van der Waals surface area contributed by atoms with Crippen LogP contribution >= 0.6 is 0 Å². The van der Waals surface area contributed by atoms with Gasteiger partial charge in [-0.2, -0.15) is 0 Å². The summed E-state index contributed by atoms with van der Waals surface area (Å²) in [6, 6.07) is 6.90. The summed E-state index contributed by atoms with van der Waals surface area (Å²) in [5.41, 5.74) is 1.52. The molecule has 0 radical (unpaired) electrons. The molecule has 1 aromatic rings. The lowest BCUT2D eigenvalue weighted by Crippen LogP contribution is -2.31. The molecule has 0 saturated carbocycles. The lowest BCUT2D eigenvalue weighted by Gasteiger charge is -2.19. The third-order valence-electron chi connectivity index (χ3n) is 2.50. The highest BCUT2D eigenvalue weighted by Gasteiger charge is 2.29. The second-order valence-electron chi connectivity index (χ2n) is 3.91. The summed E-state index contributed by atoms with van der Waals surface area (Å²) in [6.45, 7) is 1.31. The van der Waals surface area contributed by atoms with Gasteiger partial charge in [-0.05, 0) is 12.5 Å². The van der Waals surface area contributed by atoms with Gasteiger partial charge in [-0.3, -0.25) is 0 Å². The van der Waals surface area contributed by atoms with Crippen LogP contribution in [0.1, 0.15) is 17.2 Å². The van der Waals surface area contributed by atoms with Crippen LogP contribution in [0.3, 0.4) is 0 Å². The molecule has 0 bridgehead atoms. The van der Waals surface area contributed by atoms with Crippen LogP contribution in [0.15, 0.2) is 24.3 Å². The Balaban J connectivity index is 3.00. The van der Waals surface area contributed by atoms with Crippen molar-refractivity contribution in [3.63, 3.8) is 0 Å². The van der Waals surface area contributed by atoms with Crippen molar-refractivity contribution in [1.82, 2.24) is 0 Å². The molecule has 0 unspecified atom stereocenters. The van der Waals surface area contributed by atoms with E-state index in [1.165, 1.54) is 0 Å². The van der Waals surface area contributed by atoms with Crippen LogP contribution in [-0.4, -0.2) is 36.7 Å². The standard InChI is InChI=1S/C11H16O4S/c1-8-3-5-9(6-4-8)11(13)10(7-12)16(2,14)15/h3-6,10-13H,7H2,1-2H3/t10-,11+/m0/s1. The molecule has 2 N–H and O–H groups in total. The van der Waals surface area contributed by atoms with Crippen LogP contribution in [0.2, 0.25) is 0 Å². The van der Waals surface area contributed by atoms with Gasteiger partial charge in [0.25, 0.3) is 0 Å². The van der Waals surface area contributed by atoms with Crippen LogP contribution in [0.4, 0.5) is 0 Å². The molecule has 0 aromatic heterocycles. The first kappa shape index (κ1) is 13.2. The molecule has 0 aliphatic rings. The second-order valence-corrected chi connectivity index (χ2v) is 6.17. The average molecular weight is 244 g/mol. The Bertz CT molecular complexity index is 436. The zero-order valence-corrected chi connectivity index (χ0v) is 10.1. The Hall–Kier alpha value is -0.910. The fourth-order valence-corrected chi connectivity index (χ4v) is 2.34. The Morgan fingerprint density at radius 3 is 2.12 bits per heavy atom. The van der Waals surface area contributed by atoms with E-state index >= 15 is 0 Å². The van der Waals surface area contributed by atoms with Gasteiger partial charge in [0, 0.05) is 6.26 Å². The molecule has 90 valence electrons. The van der Waals surface area contributed by atoms with E-state index in [-0.39, 0.29) is 0 Å². The molecule has 0 heterocycles. The highest BCUT2D eigenvalue weighted by atomic mass is 32.2. The molecule has 16 heavy (non-hydrogen) atoms.